The van der Waals surface area contributed by atoms with Gasteiger partial charge >= 0.3 is 12.1 Å². The fraction of sp³-hybridized carbons (Fsp3) is 0.517. The van der Waals surface area contributed by atoms with Gasteiger partial charge in [0.2, 0.25) is 0 Å². The molecule has 0 radical (unpaired) electrons. The average Bonchev–Trinajstić information content (AvgIpc) is 2.85. The Hall–Kier alpha value is -2.86. The van der Waals surface area contributed by atoms with Gasteiger partial charge in [-0.05, 0) is 60.4 Å². The lowest BCUT2D eigenvalue weighted by Crippen LogP contribution is -2.57. The quantitative estimate of drug-likeness (QED) is 0.298. The Balaban J connectivity index is 1.52. The fourth-order valence-electron chi connectivity index (χ4n) is 5.76. The summed E-state index contributed by atoms with van der Waals surface area (Å²) >= 11 is 0. The molecule has 2 aromatic rings. The molecule has 1 saturated carbocycles. The molecule has 6 nitrogen and oxygen atoms in total. The number of hydrogen-bond acceptors (Lipinski definition) is 5. The molecule has 0 saturated heterocycles. The Labute approximate surface area is 208 Å². The van der Waals surface area contributed by atoms with Gasteiger partial charge in [-0.25, -0.2) is 4.79 Å². The first-order chi connectivity index (χ1) is 17.0. The van der Waals surface area contributed by atoms with Crippen molar-refractivity contribution in [2.24, 2.45) is 5.92 Å². The van der Waals surface area contributed by atoms with E-state index in [1.807, 2.05) is 42.5 Å². The van der Waals surface area contributed by atoms with Gasteiger partial charge in [0.25, 0.3) is 0 Å². The number of esters is 1. The zero-order valence-electron chi connectivity index (χ0n) is 20.9. The van der Waals surface area contributed by atoms with Crippen LogP contribution in [0.4, 0.5) is 4.79 Å². The smallest absolute Gasteiger partial charge is 0.407 e. The maximum Gasteiger partial charge on any atom is 0.407 e. The van der Waals surface area contributed by atoms with E-state index in [0.29, 0.717) is 31.1 Å². The largest absolute Gasteiger partial charge is 0.445 e. The van der Waals surface area contributed by atoms with E-state index in [1.54, 1.807) is 7.11 Å². The van der Waals surface area contributed by atoms with Crippen LogP contribution in [0.3, 0.4) is 0 Å². The van der Waals surface area contributed by atoms with Crippen LogP contribution in [0.5, 0.6) is 5.75 Å². The van der Waals surface area contributed by atoms with E-state index >= 15 is 0 Å². The maximum absolute atomic E-state index is 12.9. The Kier molecular flexibility index (Phi) is 8.45. The van der Waals surface area contributed by atoms with Crippen LogP contribution in [-0.2, 0) is 32.7 Å². The molecule has 0 aliphatic heterocycles. The fourth-order valence-corrected chi connectivity index (χ4v) is 5.76. The summed E-state index contributed by atoms with van der Waals surface area (Å²) in [5, 5.41) is 3.25. The Bertz CT molecular complexity index is 1010. The zero-order valence-corrected chi connectivity index (χ0v) is 20.9. The number of alkyl carbamates (subject to hydrolysis) is 1. The predicted molar refractivity (Wildman–Crippen MR) is 134 cm³/mol. The molecule has 0 heterocycles. The number of nitrogens with one attached hydrogen (secondary N) is 1. The van der Waals surface area contributed by atoms with Gasteiger partial charge in [0.15, 0.2) is 0 Å². The van der Waals surface area contributed by atoms with E-state index in [1.165, 1.54) is 24.0 Å². The third kappa shape index (κ3) is 6.23. The average molecular weight is 480 g/mol. The molecule has 2 aromatic carbocycles. The first-order valence-electron chi connectivity index (χ1n) is 12.8. The van der Waals surface area contributed by atoms with Crippen LogP contribution >= 0.6 is 0 Å². The van der Waals surface area contributed by atoms with Crippen molar-refractivity contribution in [3.8, 4) is 5.75 Å². The molecule has 0 unspecified atom stereocenters. The normalized spacial score (nSPS) is 23.4. The molecular formula is C29H37NO5. The van der Waals surface area contributed by atoms with Crippen molar-refractivity contribution in [2.75, 3.05) is 13.7 Å². The number of carbonyl (C=O) groups excluding carboxylic acids is 2. The molecule has 3 atom stereocenters. The number of rotatable bonds is 8. The van der Waals surface area contributed by atoms with Crippen molar-refractivity contribution >= 4 is 12.1 Å². The van der Waals surface area contributed by atoms with Crippen molar-refractivity contribution in [1.29, 1.82) is 0 Å². The van der Waals surface area contributed by atoms with E-state index < -0.39 is 0 Å². The second kappa shape index (κ2) is 11.7. The SMILES string of the molecule is COCCCC(=O)Oc1ccc2c(c1)[C@@]1(C)CCCCC[C@@H](C2)[C@@H]1NC(=O)OCc1ccccc1. The number of fused-ring (bicyclic) bond motifs is 4. The molecule has 2 bridgehead atoms. The molecule has 1 fully saturated rings. The van der Waals surface area contributed by atoms with Gasteiger partial charge in [-0.3, -0.25) is 4.79 Å². The number of methoxy groups -OCH3 is 1. The summed E-state index contributed by atoms with van der Waals surface area (Å²) in [6, 6.07) is 15.7. The highest BCUT2D eigenvalue weighted by atomic mass is 16.5. The summed E-state index contributed by atoms with van der Waals surface area (Å²) in [7, 11) is 1.62. The van der Waals surface area contributed by atoms with Gasteiger partial charge in [-0.2, -0.15) is 0 Å². The minimum Gasteiger partial charge on any atom is -0.445 e. The predicted octanol–water partition coefficient (Wildman–Crippen LogP) is 5.71. The highest BCUT2D eigenvalue weighted by molar-refractivity contribution is 5.72. The van der Waals surface area contributed by atoms with Crippen LogP contribution in [0, 0.1) is 5.92 Å². The van der Waals surface area contributed by atoms with Crippen molar-refractivity contribution in [1.82, 2.24) is 5.32 Å². The van der Waals surface area contributed by atoms with Gasteiger partial charge in [-0.1, -0.05) is 62.6 Å². The molecule has 2 aliphatic rings. The third-order valence-corrected chi connectivity index (χ3v) is 7.55. The summed E-state index contributed by atoms with van der Waals surface area (Å²) in [4.78, 5) is 25.2. The summed E-state index contributed by atoms with van der Waals surface area (Å²) < 4.78 is 16.3. The summed E-state index contributed by atoms with van der Waals surface area (Å²) in [5.41, 5.74) is 3.16. The second-order valence-corrected chi connectivity index (χ2v) is 10.1. The van der Waals surface area contributed by atoms with Gasteiger partial charge in [0.05, 0.1) is 0 Å². The Morgan fingerprint density at radius 3 is 2.71 bits per heavy atom. The third-order valence-electron chi connectivity index (χ3n) is 7.55. The van der Waals surface area contributed by atoms with Crippen molar-refractivity contribution < 1.29 is 23.8 Å². The van der Waals surface area contributed by atoms with Crippen LogP contribution in [0.15, 0.2) is 48.5 Å². The molecule has 1 N–H and O–H groups in total. The van der Waals surface area contributed by atoms with E-state index in [4.69, 9.17) is 14.2 Å². The number of ether oxygens (including phenoxy) is 3. The molecule has 35 heavy (non-hydrogen) atoms. The second-order valence-electron chi connectivity index (χ2n) is 10.1. The molecule has 2 aliphatic carbocycles. The minimum absolute atomic E-state index is 0.0359. The van der Waals surface area contributed by atoms with Crippen molar-refractivity contribution in [3.63, 3.8) is 0 Å². The maximum atomic E-state index is 12.9. The molecule has 0 spiro atoms. The van der Waals surface area contributed by atoms with Crippen LogP contribution in [0.2, 0.25) is 0 Å². The van der Waals surface area contributed by atoms with Crippen LogP contribution < -0.4 is 10.1 Å². The van der Waals surface area contributed by atoms with E-state index in [9.17, 15) is 9.59 Å². The lowest BCUT2D eigenvalue weighted by molar-refractivity contribution is -0.134. The highest BCUT2D eigenvalue weighted by Crippen LogP contribution is 2.47. The number of hydrogen-bond donors (Lipinski definition) is 1. The van der Waals surface area contributed by atoms with E-state index in [-0.39, 0.29) is 30.1 Å². The lowest BCUT2D eigenvalue weighted by atomic mass is 9.59. The Morgan fingerprint density at radius 1 is 1.09 bits per heavy atom. The van der Waals surface area contributed by atoms with E-state index in [0.717, 1.165) is 31.2 Å². The molecule has 1 amide bonds. The molecular weight excluding hydrogens is 442 g/mol. The Morgan fingerprint density at radius 2 is 1.91 bits per heavy atom. The number of amides is 1. The highest BCUT2D eigenvalue weighted by Gasteiger charge is 2.46. The minimum atomic E-state index is -0.375. The van der Waals surface area contributed by atoms with Crippen molar-refractivity contribution in [2.45, 2.75) is 76.4 Å². The first-order valence-corrected chi connectivity index (χ1v) is 12.8. The molecule has 188 valence electrons. The van der Waals surface area contributed by atoms with Crippen LogP contribution in [0.1, 0.15) is 68.6 Å². The first kappa shape index (κ1) is 25.2. The van der Waals surface area contributed by atoms with Gasteiger partial charge in [0, 0.05) is 31.6 Å². The van der Waals surface area contributed by atoms with Crippen molar-refractivity contribution in [3.05, 3.63) is 65.2 Å². The van der Waals surface area contributed by atoms with Crippen LogP contribution in [0.25, 0.3) is 0 Å². The summed E-state index contributed by atoms with van der Waals surface area (Å²) in [6.07, 6.45) is 6.99. The van der Waals surface area contributed by atoms with Gasteiger partial charge in [0.1, 0.15) is 12.4 Å². The monoisotopic (exact) mass is 479 g/mol. The van der Waals surface area contributed by atoms with Gasteiger partial charge < -0.3 is 19.5 Å². The van der Waals surface area contributed by atoms with Gasteiger partial charge in [-0.15, -0.1) is 0 Å². The molecule has 6 heteroatoms. The summed E-state index contributed by atoms with van der Waals surface area (Å²) in [5.74, 6) is 0.662. The topological polar surface area (TPSA) is 73.9 Å². The molecule has 0 aromatic heterocycles. The lowest BCUT2D eigenvalue weighted by Gasteiger charge is -2.49. The molecule has 4 rings (SSSR count). The van der Waals surface area contributed by atoms with E-state index in [2.05, 4.69) is 18.3 Å². The number of benzene rings is 2. The van der Waals surface area contributed by atoms with Crippen LogP contribution in [-0.4, -0.2) is 31.8 Å². The zero-order chi connectivity index (χ0) is 24.7. The number of carbonyl (C=O) groups is 2. The standard InChI is InChI=1S/C29H37NO5/c1-29-16-8-4-7-12-23(27(29)30-28(32)34-20-21-10-5-3-6-11-21)18-22-14-15-24(19-25(22)29)35-26(31)13-9-17-33-2/h3,5-6,10-11,14-15,19,23,27H,4,7-9,12-13,16-18,20H2,1-2H3,(H,30,32)/t23-,27-,29+/m0/s1. The summed E-state index contributed by atoms with van der Waals surface area (Å²) in [6.45, 7) is 3.03.